The molecule has 0 rings (SSSR count). The maximum absolute atomic E-state index is 9.71. The molecular formula is C5H10O2W. The van der Waals surface area contributed by atoms with Gasteiger partial charge < -0.3 is 12.2 Å². The Bertz CT molecular complexity index is 54.4. The van der Waals surface area contributed by atoms with Crippen LogP contribution in [0.4, 0.5) is 0 Å². The van der Waals surface area contributed by atoms with Crippen LogP contribution in [0.2, 0.25) is 0 Å². The molecule has 0 heterocycles. The quantitative estimate of drug-likeness (QED) is 0.527. The average Bonchev–Trinajstić information content (AvgIpc) is 1.35. The van der Waals surface area contributed by atoms with Crippen LogP contribution in [0.3, 0.4) is 0 Å². The molecule has 0 saturated carbocycles. The molecule has 0 aromatic rings. The third-order valence-corrected chi connectivity index (χ3v) is 0.305. The Kier molecular flexibility index (Phi) is 19.8. The minimum absolute atomic E-state index is 0. The Morgan fingerprint density at radius 1 is 1.75 bits per heavy atom. The van der Waals surface area contributed by atoms with Crippen molar-refractivity contribution < 1.29 is 30.6 Å². The van der Waals surface area contributed by atoms with Gasteiger partial charge in [0.1, 0.15) is 0 Å². The summed E-state index contributed by atoms with van der Waals surface area (Å²) in [4.78, 5) is 9.71. The third kappa shape index (κ3) is 16.6. The molecule has 48 valence electrons. The first kappa shape index (κ1) is 15.7. The van der Waals surface area contributed by atoms with E-state index in [1.54, 1.807) is 6.92 Å². The number of ether oxygens (including phenoxy) is 1. The van der Waals surface area contributed by atoms with Crippen LogP contribution in [0.1, 0.15) is 6.92 Å². The van der Waals surface area contributed by atoms with Crippen LogP contribution in [0.25, 0.3) is 0 Å². The summed E-state index contributed by atoms with van der Waals surface area (Å²) in [7, 11) is 0. The summed E-state index contributed by atoms with van der Waals surface area (Å²) in [6.07, 6.45) is 0. The van der Waals surface area contributed by atoms with Gasteiger partial charge in [0, 0.05) is 0 Å². The van der Waals surface area contributed by atoms with Gasteiger partial charge in [0.2, 0.25) is 0 Å². The van der Waals surface area contributed by atoms with Crippen molar-refractivity contribution in [1.29, 1.82) is 0 Å². The van der Waals surface area contributed by atoms with Crippen LogP contribution >= 0.6 is 0 Å². The van der Waals surface area contributed by atoms with Crippen molar-refractivity contribution in [2.45, 2.75) is 6.92 Å². The normalized spacial score (nSPS) is 5.62. The molecule has 0 bridgehead atoms. The maximum atomic E-state index is 9.71. The first-order chi connectivity index (χ1) is 2.77. The predicted molar refractivity (Wildman–Crippen MR) is 28.4 cm³/mol. The predicted octanol–water partition coefficient (Wildman–Crippen LogP) is 0.831. The summed E-state index contributed by atoms with van der Waals surface area (Å²) in [5.74, 6) is -0.461. The molecule has 0 aromatic heterocycles. The van der Waals surface area contributed by atoms with E-state index in [2.05, 4.69) is 11.7 Å². The Balaban J connectivity index is -0.000000125. The van der Waals surface area contributed by atoms with E-state index in [1.807, 2.05) is 0 Å². The molecule has 0 radical (unpaired) electrons. The molecule has 0 aliphatic rings. The van der Waals surface area contributed by atoms with Crippen LogP contribution in [-0.4, -0.2) is 12.6 Å². The van der Waals surface area contributed by atoms with Gasteiger partial charge >= 0.3 is 21.1 Å². The van der Waals surface area contributed by atoms with Gasteiger partial charge in [-0.05, 0) is 6.92 Å². The number of hydrogen-bond acceptors (Lipinski definition) is 2. The first-order valence-electron chi connectivity index (χ1n) is 1.76. The van der Waals surface area contributed by atoms with Gasteiger partial charge in [-0.1, -0.05) is 0 Å². The number of hydrogen-bond donors (Lipinski definition) is 0. The molecule has 0 atom stereocenters. The standard InChI is InChI=1S/C4H7O2.CH3.W/c1-3-6-4(2)5;;/h2-3H2,1H3;1H3;/q2*-1;+2. The molecule has 0 saturated heterocycles. The summed E-state index contributed by atoms with van der Waals surface area (Å²) in [5.41, 5.74) is 0. The van der Waals surface area contributed by atoms with Crippen LogP contribution in [0, 0.1) is 14.4 Å². The molecule has 0 unspecified atom stereocenters. The van der Waals surface area contributed by atoms with Gasteiger partial charge in [-0.3, -0.25) is 11.7 Å². The topological polar surface area (TPSA) is 26.3 Å². The fraction of sp³-hybridized carbons (Fsp3) is 0.400. The first-order valence-corrected chi connectivity index (χ1v) is 1.76. The average molecular weight is 286 g/mol. The molecule has 0 fully saturated rings. The van der Waals surface area contributed by atoms with Crippen LogP contribution < -0.4 is 0 Å². The maximum Gasteiger partial charge on any atom is 2.00 e. The van der Waals surface area contributed by atoms with Gasteiger partial charge in [0.25, 0.3) is 0 Å². The van der Waals surface area contributed by atoms with Crippen LogP contribution in [0.15, 0.2) is 0 Å². The zero-order valence-corrected chi connectivity index (χ0v) is 8.07. The van der Waals surface area contributed by atoms with Crippen molar-refractivity contribution in [2.75, 3.05) is 6.61 Å². The molecule has 0 spiro atoms. The van der Waals surface area contributed by atoms with Crippen molar-refractivity contribution in [3.05, 3.63) is 14.4 Å². The zero-order valence-electron chi connectivity index (χ0n) is 5.14. The van der Waals surface area contributed by atoms with E-state index in [9.17, 15) is 4.79 Å². The zero-order chi connectivity index (χ0) is 4.99. The molecule has 0 amide bonds. The van der Waals surface area contributed by atoms with Crippen molar-refractivity contribution in [3.63, 3.8) is 0 Å². The van der Waals surface area contributed by atoms with Gasteiger partial charge in [0.05, 0.1) is 6.61 Å². The largest absolute Gasteiger partial charge is 2.00 e. The van der Waals surface area contributed by atoms with Crippen LogP contribution in [-0.2, 0) is 30.6 Å². The molecule has 3 heteroatoms. The Morgan fingerprint density at radius 3 is 2.12 bits per heavy atom. The molecule has 0 aliphatic carbocycles. The fourth-order valence-corrected chi connectivity index (χ4v) is 0.161. The Labute approximate surface area is 64.9 Å². The van der Waals surface area contributed by atoms with E-state index in [0.717, 1.165) is 0 Å². The van der Waals surface area contributed by atoms with E-state index in [0.29, 0.717) is 6.61 Å². The van der Waals surface area contributed by atoms with E-state index in [4.69, 9.17) is 0 Å². The second-order valence-corrected chi connectivity index (χ2v) is 0.805. The van der Waals surface area contributed by atoms with E-state index in [1.165, 1.54) is 0 Å². The molecule has 0 aliphatic heterocycles. The summed E-state index contributed by atoms with van der Waals surface area (Å²) in [6, 6.07) is 0. The monoisotopic (exact) mass is 286 g/mol. The minimum atomic E-state index is -0.461. The fourth-order valence-electron chi connectivity index (χ4n) is 0.161. The van der Waals surface area contributed by atoms with E-state index in [-0.39, 0.29) is 28.5 Å². The van der Waals surface area contributed by atoms with Crippen molar-refractivity contribution in [3.8, 4) is 0 Å². The van der Waals surface area contributed by atoms with E-state index < -0.39 is 5.97 Å². The molecule has 2 nitrogen and oxygen atoms in total. The van der Waals surface area contributed by atoms with Gasteiger partial charge in [-0.25, -0.2) is 0 Å². The smallest absolute Gasteiger partial charge is 0.489 e. The Hall–Kier alpha value is 0.0283. The molecule has 0 N–H and O–H groups in total. The number of esters is 1. The third-order valence-electron chi connectivity index (χ3n) is 0.305. The summed E-state index contributed by atoms with van der Waals surface area (Å²) in [6.45, 7) is 5.13. The number of carbonyl (C=O) groups is 1. The summed E-state index contributed by atoms with van der Waals surface area (Å²) in [5, 5.41) is 0. The summed E-state index contributed by atoms with van der Waals surface area (Å²) >= 11 is 0. The number of rotatable bonds is 1. The van der Waals surface area contributed by atoms with Gasteiger partial charge in [-0.2, -0.15) is 0 Å². The summed E-state index contributed by atoms with van der Waals surface area (Å²) < 4.78 is 4.29. The second-order valence-electron chi connectivity index (χ2n) is 0.805. The SMILES string of the molecule is [CH2-]C(=O)OCC.[CH3-].[W+2]. The van der Waals surface area contributed by atoms with E-state index >= 15 is 0 Å². The van der Waals surface area contributed by atoms with Crippen LogP contribution in [0.5, 0.6) is 0 Å². The minimum Gasteiger partial charge on any atom is -0.489 e. The second kappa shape index (κ2) is 10.1. The molecule has 8 heavy (non-hydrogen) atoms. The van der Waals surface area contributed by atoms with Crippen molar-refractivity contribution >= 4 is 5.97 Å². The van der Waals surface area contributed by atoms with Crippen molar-refractivity contribution in [1.82, 2.24) is 0 Å². The Morgan fingerprint density at radius 2 is 2.12 bits per heavy atom. The number of carbonyl (C=O) groups excluding carboxylic acids is 1. The van der Waals surface area contributed by atoms with Gasteiger partial charge in [-0.15, -0.1) is 0 Å². The van der Waals surface area contributed by atoms with Crippen molar-refractivity contribution in [2.24, 2.45) is 0 Å². The van der Waals surface area contributed by atoms with Gasteiger partial charge in [0.15, 0.2) is 5.97 Å². The molecular weight excluding hydrogens is 276 g/mol. The molecule has 0 aromatic carbocycles.